The van der Waals surface area contributed by atoms with E-state index in [1.807, 2.05) is 6.20 Å². The number of thiazole rings is 1. The molecule has 1 saturated carbocycles. The zero-order valence-electron chi connectivity index (χ0n) is 9.95. The second-order valence-corrected chi connectivity index (χ2v) is 6.66. The predicted molar refractivity (Wildman–Crippen MR) is 70.0 cm³/mol. The Kier molecular flexibility index (Phi) is 4.22. The van der Waals surface area contributed by atoms with Gasteiger partial charge in [-0.3, -0.25) is 4.90 Å². The van der Waals surface area contributed by atoms with Crippen molar-refractivity contribution in [2.24, 2.45) is 5.92 Å². The van der Waals surface area contributed by atoms with Crippen molar-refractivity contribution in [1.29, 1.82) is 0 Å². The van der Waals surface area contributed by atoms with E-state index in [4.69, 9.17) is 11.6 Å². The molecule has 2 nitrogen and oxygen atoms in total. The van der Waals surface area contributed by atoms with Crippen LogP contribution in [-0.2, 0) is 6.54 Å². The summed E-state index contributed by atoms with van der Waals surface area (Å²) in [6, 6.07) is 0.819. The number of hydrogen-bond donors (Lipinski definition) is 0. The predicted octanol–water partition coefficient (Wildman–Crippen LogP) is 3.81. The van der Waals surface area contributed by atoms with Gasteiger partial charge < -0.3 is 0 Å². The molecule has 0 aliphatic heterocycles. The van der Waals surface area contributed by atoms with Crippen LogP contribution in [0.1, 0.15) is 38.0 Å². The van der Waals surface area contributed by atoms with Crippen molar-refractivity contribution in [2.45, 2.75) is 45.7 Å². The maximum Gasteiger partial charge on any atom is 0.183 e. The van der Waals surface area contributed by atoms with Gasteiger partial charge >= 0.3 is 0 Å². The smallest absolute Gasteiger partial charge is 0.183 e. The highest BCUT2D eigenvalue weighted by molar-refractivity contribution is 7.15. The summed E-state index contributed by atoms with van der Waals surface area (Å²) in [7, 11) is 0. The molecule has 1 aromatic heterocycles. The van der Waals surface area contributed by atoms with Crippen LogP contribution in [0.3, 0.4) is 0 Å². The molecule has 0 amide bonds. The molecule has 1 aliphatic rings. The van der Waals surface area contributed by atoms with Crippen LogP contribution >= 0.6 is 22.9 Å². The van der Waals surface area contributed by atoms with E-state index in [2.05, 4.69) is 23.7 Å². The van der Waals surface area contributed by atoms with Crippen molar-refractivity contribution in [3.05, 3.63) is 15.5 Å². The molecule has 1 aliphatic carbocycles. The minimum Gasteiger partial charge on any atom is -0.295 e. The molecule has 0 unspecified atom stereocenters. The standard InChI is InChI=1S/C12H19ClN2S/c1-9(2)5-6-15(10-3-4-10)8-11-7-14-12(13)16-11/h7,9-10H,3-6,8H2,1-2H3. The van der Waals surface area contributed by atoms with E-state index in [1.54, 1.807) is 11.3 Å². The molecule has 1 fully saturated rings. The van der Waals surface area contributed by atoms with E-state index >= 15 is 0 Å². The Balaban J connectivity index is 1.87. The summed E-state index contributed by atoms with van der Waals surface area (Å²) in [5, 5.41) is 0. The van der Waals surface area contributed by atoms with E-state index in [0.717, 1.165) is 18.5 Å². The van der Waals surface area contributed by atoms with E-state index < -0.39 is 0 Å². The molecule has 0 saturated heterocycles. The van der Waals surface area contributed by atoms with Crippen molar-refractivity contribution in [3.8, 4) is 0 Å². The molecule has 2 rings (SSSR count). The molecular weight excluding hydrogens is 240 g/mol. The quantitative estimate of drug-likeness (QED) is 0.772. The number of hydrogen-bond acceptors (Lipinski definition) is 3. The summed E-state index contributed by atoms with van der Waals surface area (Å²) in [5.41, 5.74) is 0. The Morgan fingerprint density at radius 1 is 1.56 bits per heavy atom. The molecule has 0 N–H and O–H groups in total. The first-order valence-corrected chi connectivity index (χ1v) is 7.19. The van der Waals surface area contributed by atoms with Crippen LogP contribution in [0.25, 0.3) is 0 Å². The van der Waals surface area contributed by atoms with E-state index in [9.17, 15) is 0 Å². The van der Waals surface area contributed by atoms with Gasteiger partial charge in [0.05, 0.1) is 0 Å². The first kappa shape index (κ1) is 12.3. The van der Waals surface area contributed by atoms with E-state index in [-0.39, 0.29) is 0 Å². The van der Waals surface area contributed by atoms with Gasteiger partial charge in [0.25, 0.3) is 0 Å². The van der Waals surface area contributed by atoms with Crippen LogP contribution in [-0.4, -0.2) is 22.5 Å². The molecule has 16 heavy (non-hydrogen) atoms. The van der Waals surface area contributed by atoms with Crippen LogP contribution in [0.2, 0.25) is 4.47 Å². The van der Waals surface area contributed by atoms with Gasteiger partial charge in [0.2, 0.25) is 0 Å². The Hall–Kier alpha value is -0.120. The highest BCUT2D eigenvalue weighted by Gasteiger charge is 2.28. The molecule has 4 heteroatoms. The SMILES string of the molecule is CC(C)CCN(Cc1cnc(Cl)s1)C1CC1. The largest absolute Gasteiger partial charge is 0.295 e. The molecular formula is C12H19ClN2S. The van der Waals surface area contributed by atoms with Gasteiger partial charge in [-0.05, 0) is 31.7 Å². The summed E-state index contributed by atoms with van der Waals surface area (Å²) < 4.78 is 0.662. The molecule has 0 aromatic carbocycles. The summed E-state index contributed by atoms with van der Waals surface area (Å²) in [6.07, 6.45) is 5.93. The maximum atomic E-state index is 5.86. The Morgan fingerprint density at radius 3 is 2.81 bits per heavy atom. The normalized spacial score (nSPS) is 16.3. The third kappa shape index (κ3) is 3.72. The fraction of sp³-hybridized carbons (Fsp3) is 0.750. The number of halogens is 1. The lowest BCUT2D eigenvalue weighted by Crippen LogP contribution is -2.27. The number of nitrogens with zero attached hydrogens (tertiary/aromatic N) is 2. The van der Waals surface area contributed by atoms with Crippen LogP contribution in [0.15, 0.2) is 6.20 Å². The Bertz CT molecular complexity index is 334. The summed E-state index contributed by atoms with van der Waals surface area (Å²) in [4.78, 5) is 7.98. The van der Waals surface area contributed by atoms with Gasteiger partial charge in [0.1, 0.15) is 0 Å². The molecule has 0 spiro atoms. The summed E-state index contributed by atoms with van der Waals surface area (Å²) >= 11 is 7.46. The van der Waals surface area contributed by atoms with E-state index in [1.165, 1.54) is 30.7 Å². The average molecular weight is 259 g/mol. The molecule has 1 aromatic rings. The van der Waals surface area contributed by atoms with E-state index in [0.29, 0.717) is 4.47 Å². The van der Waals surface area contributed by atoms with Gasteiger partial charge in [0, 0.05) is 23.7 Å². The monoisotopic (exact) mass is 258 g/mol. The summed E-state index contributed by atoms with van der Waals surface area (Å²) in [6.45, 7) is 6.81. The van der Waals surface area contributed by atoms with Gasteiger partial charge in [-0.2, -0.15) is 0 Å². The minimum atomic E-state index is 0.662. The lowest BCUT2D eigenvalue weighted by molar-refractivity contribution is 0.241. The van der Waals surface area contributed by atoms with Gasteiger partial charge in [0.15, 0.2) is 4.47 Å². The number of aromatic nitrogens is 1. The second kappa shape index (κ2) is 5.48. The van der Waals surface area contributed by atoms with Crippen LogP contribution < -0.4 is 0 Å². The van der Waals surface area contributed by atoms with Crippen molar-refractivity contribution in [2.75, 3.05) is 6.54 Å². The molecule has 0 radical (unpaired) electrons. The first-order valence-electron chi connectivity index (χ1n) is 5.99. The first-order chi connectivity index (χ1) is 7.65. The average Bonchev–Trinajstić information content (AvgIpc) is 2.98. The lowest BCUT2D eigenvalue weighted by atomic mass is 10.1. The highest BCUT2D eigenvalue weighted by Crippen LogP contribution is 2.30. The second-order valence-electron chi connectivity index (χ2n) is 4.96. The maximum absolute atomic E-state index is 5.86. The van der Waals surface area contributed by atoms with Crippen LogP contribution in [0, 0.1) is 5.92 Å². The summed E-state index contributed by atoms with van der Waals surface area (Å²) in [5.74, 6) is 0.784. The minimum absolute atomic E-state index is 0.662. The Labute approximate surface area is 107 Å². The Morgan fingerprint density at radius 2 is 2.31 bits per heavy atom. The van der Waals surface area contributed by atoms with Crippen molar-refractivity contribution in [3.63, 3.8) is 0 Å². The van der Waals surface area contributed by atoms with Crippen LogP contribution in [0.5, 0.6) is 0 Å². The lowest BCUT2D eigenvalue weighted by Gasteiger charge is -2.21. The van der Waals surface area contributed by atoms with Crippen molar-refractivity contribution >= 4 is 22.9 Å². The van der Waals surface area contributed by atoms with Gasteiger partial charge in [-0.15, -0.1) is 11.3 Å². The fourth-order valence-electron chi connectivity index (χ4n) is 1.81. The number of rotatable bonds is 6. The zero-order chi connectivity index (χ0) is 11.5. The third-order valence-electron chi connectivity index (χ3n) is 2.94. The van der Waals surface area contributed by atoms with Crippen LogP contribution in [0.4, 0.5) is 0 Å². The molecule has 0 bridgehead atoms. The van der Waals surface area contributed by atoms with Crippen molar-refractivity contribution < 1.29 is 0 Å². The molecule has 90 valence electrons. The fourth-order valence-corrected chi connectivity index (χ4v) is 2.81. The van der Waals surface area contributed by atoms with Gasteiger partial charge in [-0.1, -0.05) is 25.4 Å². The van der Waals surface area contributed by atoms with Gasteiger partial charge in [-0.25, -0.2) is 4.98 Å². The highest BCUT2D eigenvalue weighted by atomic mass is 35.5. The topological polar surface area (TPSA) is 16.1 Å². The molecule has 1 heterocycles. The van der Waals surface area contributed by atoms with Crippen molar-refractivity contribution in [1.82, 2.24) is 9.88 Å². The zero-order valence-corrected chi connectivity index (χ0v) is 11.5. The third-order valence-corrected chi connectivity index (χ3v) is 4.04. The molecule has 0 atom stereocenters.